The minimum atomic E-state index is -0.613. The topological polar surface area (TPSA) is 57.5 Å². The van der Waals surface area contributed by atoms with Crippen LogP contribution in [0.1, 0.15) is 74.7 Å². The van der Waals surface area contributed by atoms with Gasteiger partial charge >= 0.3 is 12.1 Å². The second kappa shape index (κ2) is 7.66. The number of carbonyl (C=O) groups excluding carboxylic acids is 2. The monoisotopic (exact) mass is 435 g/mol. The van der Waals surface area contributed by atoms with Crippen molar-refractivity contribution in [2.75, 3.05) is 7.11 Å². The zero-order chi connectivity index (χ0) is 19.8. The van der Waals surface area contributed by atoms with E-state index < -0.39 is 17.7 Å². The lowest BCUT2D eigenvalue weighted by molar-refractivity contribution is 0.0537. The number of fused-ring (bicyclic) bond motifs is 1. The summed E-state index contributed by atoms with van der Waals surface area (Å²) in [6, 6.07) is 5.38. The summed E-state index contributed by atoms with van der Waals surface area (Å²) in [7, 11) is 1.35. The molecule has 1 saturated carbocycles. The van der Waals surface area contributed by atoms with E-state index in [0.717, 1.165) is 28.4 Å². The molecule has 0 unspecified atom stereocenters. The molecule has 3 rings (SSSR count). The number of benzene rings is 1. The maximum atomic E-state index is 12.9. The van der Waals surface area contributed by atoms with Crippen molar-refractivity contribution in [1.82, 2.24) is 4.57 Å². The number of hydrogen-bond acceptors (Lipinski definition) is 4. The lowest BCUT2D eigenvalue weighted by Gasteiger charge is -2.22. The predicted octanol–water partition coefficient (Wildman–Crippen LogP) is 6.02. The number of ether oxygens (including phenoxy) is 2. The zero-order valence-electron chi connectivity index (χ0n) is 16.3. The summed E-state index contributed by atoms with van der Waals surface area (Å²) < 4.78 is 12.7. The van der Waals surface area contributed by atoms with Crippen LogP contribution in [0.25, 0.3) is 10.9 Å². The van der Waals surface area contributed by atoms with Gasteiger partial charge in [0.2, 0.25) is 0 Å². The molecule has 27 heavy (non-hydrogen) atoms. The summed E-state index contributed by atoms with van der Waals surface area (Å²) in [6.45, 7) is 5.52. The average molecular weight is 436 g/mol. The van der Waals surface area contributed by atoms with Crippen molar-refractivity contribution < 1.29 is 19.1 Å². The number of nitrogens with zero attached hydrogens (tertiary/aromatic N) is 1. The second-order valence-electron chi connectivity index (χ2n) is 8.08. The molecule has 5 nitrogen and oxygen atoms in total. The van der Waals surface area contributed by atoms with E-state index in [1.54, 1.807) is 12.1 Å². The molecule has 2 aromatic rings. The van der Waals surface area contributed by atoms with Crippen LogP contribution in [0.2, 0.25) is 0 Å². The molecular formula is C21H26BrNO4. The van der Waals surface area contributed by atoms with Crippen molar-refractivity contribution >= 4 is 38.9 Å². The SMILES string of the molecule is COC(=O)c1ccc2c(C3CCCCC3)c(Br)n(C(=O)OC(C)(C)C)c2c1. The van der Waals surface area contributed by atoms with E-state index in [0.29, 0.717) is 17.0 Å². The van der Waals surface area contributed by atoms with Crippen LogP contribution in [-0.2, 0) is 9.47 Å². The van der Waals surface area contributed by atoms with E-state index in [9.17, 15) is 9.59 Å². The second-order valence-corrected chi connectivity index (χ2v) is 8.83. The quantitative estimate of drug-likeness (QED) is 0.540. The molecule has 0 radical (unpaired) electrons. The van der Waals surface area contributed by atoms with Gasteiger partial charge in [-0.3, -0.25) is 0 Å². The maximum absolute atomic E-state index is 12.9. The Morgan fingerprint density at radius 3 is 2.41 bits per heavy atom. The molecule has 0 N–H and O–H groups in total. The molecular weight excluding hydrogens is 410 g/mol. The fourth-order valence-corrected chi connectivity index (χ4v) is 4.67. The Morgan fingerprint density at radius 1 is 1.15 bits per heavy atom. The molecule has 0 amide bonds. The molecule has 6 heteroatoms. The van der Waals surface area contributed by atoms with Gasteiger partial charge in [0.1, 0.15) is 5.60 Å². The van der Waals surface area contributed by atoms with Crippen molar-refractivity contribution in [2.24, 2.45) is 0 Å². The number of carbonyl (C=O) groups is 2. The van der Waals surface area contributed by atoms with Crippen LogP contribution >= 0.6 is 15.9 Å². The minimum Gasteiger partial charge on any atom is -0.465 e. The number of halogens is 1. The first-order valence-electron chi connectivity index (χ1n) is 9.38. The van der Waals surface area contributed by atoms with Crippen LogP contribution in [0.3, 0.4) is 0 Å². The number of esters is 1. The van der Waals surface area contributed by atoms with E-state index in [1.807, 2.05) is 26.8 Å². The molecule has 1 aromatic carbocycles. The summed E-state index contributed by atoms with van der Waals surface area (Å²) in [4.78, 5) is 24.9. The van der Waals surface area contributed by atoms with Crippen LogP contribution in [-0.4, -0.2) is 29.3 Å². The Labute approximate surface area is 168 Å². The normalized spacial score (nSPS) is 15.7. The van der Waals surface area contributed by atoms with Crippen LogP contribution in [0.5, 0.6) is 0 Å². The van der Waals surface area contributed by atoms with Crippen molar-refractivity contribution in [3.63, 3.8) is 0 Å². The van der Waals surface area contributed by atoms with Gasteiger partial charge in [0.05, 0.1) is 22.8 Å². The average Bonchev–Trinajstić information content (AvgIpc) is 2.91. The van der Waals surface area contributed by atoms with Crippen molar-refractivity contribution in [3.05, 3.63) is 33.9 Å². The van der Waals surface area contributed by atoms with E-state index in [2.05, 4.69) is 15.9 Å². The first kappa shape index (κ1) is 19.9. The van der Waals surface area contributed by atoms with Crippen molar-refractivity contribution in [3.8, 4) is 0 Å². The van der Waals surface area contributed by atoms with Gasteiger partial charge in [0.25, 0.3) is 0 Å². The third kappa shape index (κ3) is 4.05. The lowest BCUT2D eigenvalue weighted by atomic mass is 9.84. The van der Waals surface area contributed by atoms with Crippen LogP contribution in [0.4, 0.5) is 4.79 Å². The van der Waals surface area contributed by atoms with Gasteiger partial charge in [0.15, 0.2) is 0 Å². The van der Waals surface area contributed by atoms with Gasteiger partial charge in [-0.05, 0) is 73.2 Å². The van der Waals surface area contributed by atoms with Crippen LogP contribution in [0.15, 0.2) is 22.8 Å². The zero-order valence-corrected chi connectivity index (χ0v) is 17.9. The highest BCUT2D eigenvalue weighted by molar-refractivity contribution is 9.10. The standard InChI is InChI=1S/C21H26BrNO4/c1-21(2,3)27-20(25)23-16-12-14(19(24)26-4)10-11-15(16)17(18(23)22)13-8-6-5-7-9-13/h10-13H,5-9H2,1-4H3. The fraction of sp³-hybridized carbons (Fsp3) is 0.524. The first-order chi connectivity index (χ1) is 12.7. The van der Waals surface area contributed by atoms with Crippen molar-refractivity contribution in [2.45, 2.75) is 64.4 Å². The maximum Gasteiger partial charge on any atom is 0.419 e. The van der Waals surface area contributed by atoms with Gasteiger partial charge in [0, 0.05) is 5.39 Å². The van der Waals surface area contributed by atoms with E-state index in [-0.39, 0.29) is 0 Å². The Kier molecular flexibility index (Phi) is 5.65. The number of aromatic nitrogens is 1. The third-order valence-electron chi connectivity index (χ3n) is 4.96. The molecule has 1 aliphatic carbocycles. The highest BCUT2D eigenvalue weighted by Crippen LogP contribution is 2.42. The van der Waals surface area contributed by atoms with E-state index in [1.165, 1.54) is 30.9 Å². The van der Waals surface area contributed by atoms with Gasteiger partial charge in [-0.1, -0.05) is 25.3 Å². The molecule has 0 aliphatic heterocycles. The number of methoxy groups -OCH3 is 1. The number of rotatable bonds is 2. The predicted molar refractivity (Wildman–Crippen MR) is 108 cm³/mol. The molecule has 1 aromatic heterocycles. The van der Waals surface area contributed by atoms with Crippen LogP contribution in [0, 0.1) is 0 Å². The minimum absolute atomic E-state index is 0.392. The molecule has 1 fully saturated rings. The summed E-state index contributed by atoms with van der Waals surface area (Å²) in [5.74, 6) is -0.0348. The van der Waals surface area contributed by atoms with E-state index >= 15 is 0 Å². The summed E-state index contributed by atoms with van der Waals surface area (Å²) in [6.07, 6.45) is 5.39. The van der Waals surface area contributed by atoms with Gasteiger partial charge in [-0.2, -0.15) is 0 Å². The third-order valence-corrected chi connectivity index (χ3v) is 5.74. The summed E-state index contributed by atoms with van der Waals surface area (Å²) in [5.41, 5.74) is 1.60. The molecule has 146 valence electrons. The smallest absolute Gasteiger partial charge is 0.419 e. The van der Waals surface area contributed by atoms with Gasteiger partial charge in [-0.25, -0.2) is 14.2 Å². The number of hydrogen-bond donors (Lipinski definition) is 0. The molecule has 0 bridgehead atoms. The Morgan fingerprint density at radius 2 is 1.81 bits per heavy atom. The molecule has 0 saturated heterocycles. The highest BCUT2D eigenvalue weighted by atomic mass is 79.9. The summed E-state index contributed by atoms with van der Waals surface area (Å²) >= 11 is 3.66. The Bertz CT molecular complexity index is 872. The Balaban J connectivity index is 2.19. The molecule has 0 spiro atoms. The lowest BCUT2D eigenvalue weighted by Crippen LogP contribution is -2.27. The summed E-state index contributed by atoms with van der Waals surface area (Å²) in [5, 5.41) is 0.979. The molecule has 1 aliphatic rings. The molecule has 1 heterocycles. The van der Waals surface area contributed by atoms with E-state index in [4.69, 9.17) is 9.47 Å². The largest absolute Gasteiger partial charge is 0.465 e. The van der Waals surface area contributed by atoms with Gasteiger partial charge < -0.3 is 9.47 Å². The highest BCUT2D eigenvalue weighted by Gasteiger charge is 2.29. The van der Waals surface area contributed by atoms with Crippen LogP contribution < -0.4 is 0 Å². The van der Waals surface area contributed by atoms with Crippen molar-refractivity contribution in [1.29, 1.82) is 0 Å². The first-order valence-corrected chi connectivity index (χ1v) is 10.2. The molecule has 0 atom stereocenters. The Hall–Kier alpha value is -1.82. The fourth-order valence-electron chi connectivity index (χ4n) is 3.79. The van der Waals surface area contributed by atoms with Gasteiger partial charge in [-0.15, -0.1) is 0 Å².